The molecule has 1 rings (SSSR count). The molecular weight excluding hydrogens is 344 g/mol. The van der Waals surface area contributed by atoms with E-state index in [2.05, 4.69) is 27.9 Å². The minimum absolute atomic E-state index is 0.0202. The average molecular weight is 379 g/mol. The fourth-order valence-electron chi connectivity index (χ4n) is 2.29. The van der Waals surface area contributed by atoms with Gasteiger partial charge in [0.25, 0.3) is 5.91 Å². The molecule has 0 heterocycles. The van der Waals surface area contributed by atoms with Crippen molar-refractivity contribution in [2.24, 2.45) is 4.99 Å². The van der Waals surface area contributed by atoms with Crippen LogP contribution in [0.2, 0.25) is 0 Å². The van der Waals surface area contributed by atoms with Gasteiger partial charge in [0.05, 0.1) is 13.2 Å². The first-order chi connectivity index (χ1) is 13.2. The highest BCUT2D eigenvalue weighted by Crippen LogP contribution is 2.04. The smallest absolute Gasteiger partial charge is 0.251 e. The molecule has 1 amide bonds. The number of rotatable bonds is 13. The van der Waals surface area contributed by atoms with E-state index in [4.69, 9.17) is 9.47 Å². The van der Waals surface area contributed by atoms with Crippen LogP contribution in [0.3, 0.4) is 0 Å². The summed E-state index contributed by atoms with van der Waals surface area (Å²) in [6, 6.07) is 7.62. The minimum Gasteiger partial charge on any atom is -0.382 e. The lowest BCUT2D eigenvalue weighted by molar-refractivity contribution is 0.0698. The molecule has 0 fully saturated rings. The van der Waals surface area contributed by atoms with Crippen molar-refractivity contribution in [1.82, 2.24) is 16.0 Å². The van der Waals surface area contributed by atoms with E-state index in [1.165, 1.54) is 0 Å². The minimum atomic E-state index is -0.0202. The molecule has 0 aliphatic rings. The fraction of sp³-hybridized carbons (Fsp3) is 0.600. The van der Waals surface area contributed by atoms with Crippen LogP contribution in [0.15, 0.2) is 29.3 Å². The lowest BCUT2D eigenvalue weighted by Gasteiger charge is -2.12. The summed E-state index contributed by atoms with van der Waals surface area (Å²) in [5.74, 6) is 0.724. The van der Waals surface area contributed by atoms with Crippen LogP contribution in [-0.2, 0) is 16.0 Å². The highest BCUT2D eigenvalue weighted by atomic mass is 16.5. The Hall–Kier alpha value is -2.12. The van der Waals surface area contributed by atoms with Crippen LogP contribution >= 0.6 is 0 Å². The Labute approximate surface area is 162 Å². The molecule has 7 heteroatoms. The number of hydrogen-bond donors (Lipinski definition) is 3. The topological polar surface area (TPSA) is 84.0 Å². The quantitative estimate of drug-likeness (QED) is 0.278. The van der Waals surface area contributed by atoms with E-state index < -0.39 is 0 Å². The second-order valence-electron chi connectivity index (χ2n) is 6.12. The van der Waals surface area contributed by atoms with E-state index in [-0.39, 0.29) is 5.91 Å². The van der Waals surface area contributed by atoms with Gasteiger partial charge in [-0.2, -0.15) is 0 Å². The third-order valence-electron chi connectivity index (χ3n) is 3.91. The van der Waals surface area contributed by atoms with Gasteiger partial charge in [0.15, 0.2) is 5.96 Å². The van der Waals surface area contributed by atoms with Gasteiger partial charge in [-0.25, -0.2) is 0 Å². The molecule has 1 aromatic rings. The van der Waals surface area contributed by atoms with Gasteiger partial charge in [-0.3, -0.25) is 9.79 Å². The van der Waals surface area contributed by atoms with Crippen molar-refractivity contribution in [2.45, 2.75) is 32.7 Å². The summed E-state index contributed by atoms with van der Waals surface area (Å²) in [6.45, 7) is 6.18. The van der Waals surface area contributed by atoms with Crippen LogP contribution in [0.1, 0.15) is 42.1 Å². The Morgan fingerprint density at radius 2 is 1.74 bits per heavy atom. The third kappa shape index (κ3) is 10.6. The molecule has 27 heavy (non-hydrogen) atoms. The highest BCUT2D eigenvalue weighted by molar-refractivity contribution is 5.94. The van der Waals surface area contributed by atoms with Crippen molar-refractivity contribution < 1.29 is 14.3 Å². The average Bonchev–Trinajstić information content (AvgIpc) is 2.70. The number of ether oxygens (including phenoxy) is 2. The zero-order chi connectivity index (χ0) is 19.7. The van der Waals surface area contributed by atoms with Crippen LogP contribution in [0.25, 0.3) is 0 Å². The molecule has 0 spiro atoms. The Balaban J connectivity index is 2.27. The first-order valence-electron chi connectivity index (χ1n) is 9.59. The number of nitrogens with one attached hydrogen (secondary N) is 3. The zero-order valence-electron chi connectivity index (χ0n) is 16.8. The number of hydrogen-bond acceptors (Lipinski definition) is 4. The predicted molar refractivity (Wildman–Crippen MR) is 109 cm³/mol. The van der Waals surface area contributed by atoms with E-state index in [0.29, 0.717) is 31.9 Å². The standard InChI is InChI=1S/C20H34N4O3/c1-4-5-11-22-19(25)18-9-7-17(8-10-18)16-24-20(21-2)23-12-6-13-27-15-14-26-3/h7-10H,4-6,11-16H2,1-3H3,(H,22,25)(H2,21,23,24). The molecule has 7 nitrogen and oxygen atoms in total. The fourth-order valence-corrected chi connectivity index (χ4v) is 2.29. The number of aliphatic imine (C=N–C) groups is 1. The summed E-state index contributed by atoms with van der Waals surface area (Å²) in [6.07, 6.45) is 2.96. The van der Waals surface area contributed by atoms with Crippen LogP contribution in [0.4, 0.5) is 0 Å². The maximum Gasteiger partial charge on any atom is 0.251 e. The van der Waals surface area contributed by atoms with Gasteiger partial charge >= 0.3 is 0 Å². The number of nitrogens with zero attached hydrogens (tertiary/aromatic N) is 1. The largest absolute Gasteiger partial charge is 0.382 e. The Bertz CT molecular complexity index is 547. The number of amides is 1. The summed E-state index contributed by atoms with van der Waals surface area (Å²) >= 11 is 0. The lowest BCUT2D eigenvalue weighted by atomic mass is 10.1. The molecule has 0 aromatic heterocycles. The van der Waals surface area contributed by atoms with E-state index >= 15 is 0 Å². The molecule has 0 aliphatic carbocycles. The molecular formula is C20H34N4O3. The summed E-state index contributed by atoms with van der Waals surface area (Å²) in [7, 11) is 3.41. The van der Waals surface area contributed by atoms with Crippen molar-refractivity contribution in [1.29, 1.82) is 0 Å². The van der Waals surface area contributed by atoms with E-state index in [0.717, 1.165) is 43.9 Å². The zero-order valence-corrected chi connectivity index (χ0v) is 16.8. The Morgan fingerprint density at radius 3 is 2.41 bits per heavy atom. The summed E-state index contributed by atoms with van der Waals surface area (Å²) < 4.78 is 10.4. The summed E-state index contributed by atoms with van der Waals surface area (Å²) in [5.41, 5.74) is 1.77. The molecule has 0 radical (unpaired) electrons. The molecule has 1 aromatic carbocycles. The first kappa shape index (κ1) is 22.9. The maximum absolute atomic E-state index is 12.0. The lowest BCUT2D eigenvalue weighted by Crippen LogP contribution is -2.37. The van der Waals surface area contributed by atoms with Gasteiger partial charge in [0, 0.05) is 46.0 Å². The van der Waals surface area contributed by atoms with E-state index in [1.807, 2.05) is 24.3 Å². The number of carbonyl (C=O) groups is 1. The molecule has 0 aliphatic heterocycles. The van der Waals surface area contributed by atoms with Gasteiger partial charge < -0.3 is 25.4 Å². The molecule has 0 saturated heterocycles. The van der Waals surface area contributed by atoms with Crippen LogP contribution in [0.5, 0.6) is 0 Å². The van der Waals surface area contributed by atoms with E-state index in [9.17, 15) is 4.79 Å². The predicted octanol–water partition coefficient (Wildman–Crippen LogP) is 1.93. The molecule has 3 N–H and O–H groups in total. The second-order valence-corrected chi connectivity index (χ2v) is 6.12. The highest BCUT2D eigenvalue weighted by Gasteiger charge is 2.05. The number of carbonyl (C=O) groups excluding carboxylic acids is 1. The first-order valence-corrected chi connectivity index (χ1v) is 9.59. The summed E-state index contributed by atoms with van der Waals surface area (Å²) in [5, 5.41) is 9.44. The van der Waals surface area contributed by atoms with Crippen molar-refractivity contribution >= 4 is 11.9 Å². The third-order valence-corrected chi connectivity index (χ3v) is 3.91. The summed E-state index contributed by atoms with van der Waals surface area (Å²) in [4.78, 5) is 16.2. The molecule has 152 valence electrons. The Morgan fingerprint density at radius 1 is 1.00 bits per heavy atom. The molecule has 0 atom stereocenters. The van der Waals surface area contributed by atoms with Gasteiger partial charge in [0.2, 0.25) is 0 Å². The van der Waals surface area contributed by atoms with E-state index in [1.54, 1.807) is 14.2 Å². The van der Waals surface area contributed by atoms with Crippen molar-refractivity contribution in [3.8, 4) is 0 Å². The van der Waals surface area contributed by atoms with Gasteiger partial charge in [-0.15, -0.1) is 0 Å². The molecule has 0 bridgehead atoms. The van der Waals surface area contributed by atoms with Crippen molar-refractivity contribution in [2.75, 3.05) is 47.1 Å². The number of methoxy groups -OCH3 is 1. The maximum atomic E-state index is 12.0. The Kier molecular flexibility index (Phi) is 12.7. The molecule has 0 saturated carbocycles. The number of benzene rings is 1. The monoisotopic (exact) mass is 378 g/mol. The number of unbranched alkanes of at least 4 members (excludes halogenated alkanes) is 1. The van der Waals surface area contributed by atoms with Gasteiger partial charge in [-0.05, 0) is 30.5 Å². The second kappa shape index (κ2) is 15.0. The van der Waals surface area contributed by atoms with Crippen LogP contribution in [-0.4, -0.2) is 58.9 Å². The van der Waals surface area contributed by atoms with Gasteiger partial charge in [0.1, 0.15) is 0 Å². The van der Waals surface area contributed by atoms with Gasteiger partial charge in [-0.1, -0.05) is 25.5 Å². The molecule has 0 unspecified atom stereocenters. The van der Waals surface area contributed by atoms with Crippen LogP contribution in [0, 0.1) is 0 Å². The number of guanidine groups is 1. The SMILES string of the molecule is CCCCNC(=O)c1ccc(CNC(=NC)NCCCOCCOC)cc1. The van der Waals surface area contributed by atoms with Crippen LogP contribution < -0.4 is 16.0 Å². The van der Waals surface area contributed by atoms with Crippen molar-refractivity contribution in [3.05, 3.63) is 35.4 Å². The van der Waals surface area contributed by atoms with Crippen molar-refractivity contribution in [3.63, 3.8) is 0 Å². The normalized spacial score (nSPS) is 11.3.